The van der Waals surface area contributed by atoms with Gasteiger partial charge in [0.05, 0.1) is 5.69 Å². The standard InChI is InChI=1S/C39H53N5O5/c1-42(37(46)17-7-4-10-24-40-33-20-18-32(19-21-33)38(47)43(2)25-11-12-30-45)28-29-44-26-22-34(23-27-44)49-39(48)41-36-16-9-8-15-35(36)31-13-5-3-6-14-31/h3,5-6,8-9,13-16,18-21,34,40,45H,4,7,10-12,17,22-30H2,1-2H3,(H,41,48). The molecule has 3 aromatic carbocycles. The molecular formula is C39H53N5O5. The first-order valence-electron chi connectivity index (χ1n) is 17.6. The van der Waals surface area contributed by atoms with Crippen molar-refractivity contribution in [2.45, 2.75) is 57.5 Å². The van der Waals surface area contributed by atoms with Gasteiger partial charge in [-0.15, -0.1) is 0 Å². The number of likely N-dealkylation sites (N-methyl/N-ethyl adjacent to an activating group) is 1. The predicted octanol–water partition coefficient (Wildman–Crippen LogP) is 6.34. The van der Waals surface area contributed by atoms with Gasteiger partial charge in [0.15, 0.2) is 0 Å². The Morgan fingerprint density at radius 1 is 0.816 bits per heavy atom. The molecule has 4 rings (SSSR count). The minimum absolute atomic E-state index is 0.0166. The number of carbonyl (C=O) groups excluding carboxylic acids is 3. The van der Waals surface area contributed by atoms with Gasteiger partial charge in [-0.25, -0.2) is 4.79 Å². The number of hydrogen-bond acceptors (Lipinski definition) is 7. The van der Waals surface area contributed by atoms with Crippen molar-refractivity contribution in [1.29, 1.82) is 0 Å². The Bertz CT molecular complexity index is 1440. The Balaban J connectivity index is 1.04. The minimum Gasteiger partial charge on any atom is -0.446 e. The van der Waals surface area contributed by atoms with Crippen LogP contribution in [0.3, 0.4) is 0 Å². The fourth-order valence-corrected chi connectivity index (χ4v) is 5.93. The maximum Gasteiger partial charge on any atom is 0.411 e. The van der Waals surface area contributed by atoms with E-state index in [0.29, 0.717) is 31.5 Å². The number of piperidine rings is 1. The molecule has 0 unspecified atom stereocenters. The SMILES string of the molecule is CN(CCN1CCC(OC(=O)Nc2ccccc2-c2ccccc2)CC1)C(=O)CCCCCNc1ccc(C(=O)N(C)CCCCO)cc1. The summed E-state index contributed by atoms with van der Waals surface area (Å²) in [5.74, 6) is 0.150. The third-order valence-electron chi connectivity index (χ3n) is 9.01. The van der Waals surface area contributed by atoms with Gasteiger partial charge in [-0.2, -0.15) is 0 Å². The van der Waals surface area contributed by atoms with Crippen LogP contribution in [-0.2, 0) is 9.53 Å². The van der Waals surface area contributed by atoms with Gasteiger partial charge in [-0.05, 0) is 74.4 Å². The van der Waals surface area contributed by atoms with Crippen LogP contribution < -0.4 is 10.6 Å². The molecule has 1 saturated heterocycles. The van der Waals surface area contributed by atoms with Gasteiger partial charge in [-0.1, -0.05) is 55.0 Å². The number of anilines is 2. The summed E-state index contributed by atoms with van der Waals surface area (Å²) in [5, 5.41) is 15.3. The summed E-state index contributed by atoms with van der Waals surface area (Å²) in [6, 6.07) is 25.2. The normalized spacial score (nSPS) is 13.4. The summed E-state index contributed by atoms with van der Waals surface area (Å²) in [5.41, 5.74) is 4.34. The molecule has 49 heavy (non-hydrogen) atoms. The van der Waals surface area contributed by atoms with Crippen molar-refractivity contribution in [3.05, 3.63) is 84.4 Å². The van der Waals surface area contributed by atoms with Crippen LogP contribution in [0.25, 0.3) is 11.1 Å². The zero-order chi connectivity index (χ0) is 34.8. The van der Waals surface area contributed by atoms with Crippen LogP contribution >= 0.6 is 0 Å². The van der Waals surface area contributed by atoms with Crippen LogP contribution in [0.5, 0.6) is 0 Å². The second kappa shape index (κ2) is 20.2. The molecule has 1 aliphatic heterocycles. The largest absolute Gasteiger partial charge is 0.446 e. The number of hydrogen-bond donors (Lipinski definition) is 3. The fraction of sp³-hybridized carbons (Fsp3) is 0.462. The number of para-hydroxylation sites is 1. The van der Waals surface area contributed by atoms with E-state index in [1.807, 2.05) is 90.8 Å². The maximum atomic E-state index is 12.7. The summed E-state index contributed by atoms with van der Waals surface area (Å²) < 4.78 is 5.76. The number of aliphatic hydroxyl groups excluding tert-OH is 1. The van der Waals surface area contributed by atoms with Crippen LogP contribution in [0.15, 0.2) is 78.9 Å². The van der Waals surface area contributed by atoms with E-state index in [4.69, 9.17) is 9.84 Å². The number of unbranched alkanes of at least 4 members (excludes halogenated alkanes) is 3. The van der Waals surface area contributed by atoms with E-state index in [9.17, 15) is 14.4 Å². The number of ether oxygens (including phenoxy) is 1. The van der Waals surface area contributed by atoms with Crippen molar-refractivity contribution in [1.82, 2.24) is 14.7 Å². The van der Waals surface area contributed by atoms with Gasteiger partial charge in [0.25, 0.3) is 5.91 Å². The second-order valence-corrected chi connectivity index (χ2v) is 12.8. The van der Waals surface area contributed by atoms with Crippen LogP contribution in [-0.4, -0.2) is 104 Å². The van der Waals surface area contributed by atoms with E-state index in [2.05, 4.69) is 15.5 Å². The Kier molecular flexibility index (Phi) is 15.4. The third-order valence-corrected chi connectivity index (χ3v) is 9.01. The molecule has 0 spiro atoms. The summed E-state index contributed by atoms with van der Waals surface area (Å²) in [4.78, 5) is 43.8. The summed E-state index contributed by atoms with van der Waals surface area (Å²) in [6.45, 7) is 4.72. The van der Waals surface area contributed by atoms with Crippen LogP contribution in [0, 0.1) is 0 Å². The fourth-order valence-electron chi connectivity index (χ4n) is 5.93. The highest BCUT2D eigenvalue weighted by Crippen LogP contribution is 2.28. The topological polar surface area (TPSA) is 114 Å². The zero-order valence-electron chi connectivity index (χ0n) is 29.1. The van der Waals surface area contributed by atoms with E-state index in [-0.39, 0.29) is 24.5 Å². The molecule has 10 heteroatoms. The van der Waals surface area contributed by atoms with E-state index in [0.717, 1.165) is 87.2 Å². The predicted molar refractivity (Wildman–Crippen MR) is 196 cm³/mol. The van der Waals surface area contributed by atoms with Gasteiger partial charge < -0.3 is 29.9 Å². The average Bonchev–Trinajstić information content (AvgIpc) is 3.13. The highest BCUT2D eigenvalue weighted by Gasteiger charge is 2.23. The lowest BCUT2D eigenvalue weighted by Crippen LogP contribution is -2.42. The average molecular weight is 672 g/mol. The molecule has 0 saturated carbocycles. The molecule has 0 atom stereocenters. The molecule has 0 bridgehead atoms. The Morgan fingerprint density at radius 3 is 2.27 bits per heavy atom. The molecule has 1 fully saturated rings. The van der Waals surface area contributed by atoms with E-state index in [1.54, 1.807) is 11.9 Å². The number of rotatable bonds is 18. The number of benzene rings is 3. The molecule has 0 aliphatic carbocycles. The van der Waals surface area contributed by atoms with Crippen molar-refractivity contribution in [3.63, 3.8) is 0 Å². The zero-order valence-corrected chi connectivity index (χ0v) is 29.1. The number of likely N-dealkylation sites (tertiary alicyclic amines) is 1. The molecule has 264 valence electrons. The monoisotopic (exact) mass is 671 g/mol. The van der Waals surface area contributed by atoms with Crippen molar-refractivity contribution >= 4 is 29.3 Å². The first-order valence-corrected chi connectivity index (χ1v) is 17.6. The first kappa shape index (κ1) is 37.4. The van der Waals surface area contributed by atoms with Gasteiger partial charge in [0, 0.05) is 83.2 Å². The molecule has 0 radical (unpaired) electrons. The number of carbonyl (C=O) groups is 3. The molecule has 3 aromatic rings. The van der Waals surface area contributed by atoms with E-state index in [1.165, 1.54) is 0 Å². The number of aliphatic hydroxyl groups is 1. The van der Waals surface area contributed by atoms with Gasteiger partial charge >= 0.3 is 6.09 Å². The third kappa shape index (κ3) is 12.5. The molecule has 3 N–H and O–H groups in total. The Morgan fingerprint density at radius 2 is 1.53 bits per heavy atom. The number of nitrogens with one attached hydrogen (secondary N) is 2. The molecule has 1 aliphatic rings. The van der Waals surface area contributed by atoms with Crippen LogP contribution in [0.1, 0.15) is 61.7 Å². The van der Waals surface area contributed by atoms with Gasteiger partial charge in [0.2, 0.25) is 5.91 Å². The lowest BCUT2D eigenvalue weighted by molar-refractivity contribution is -0.130. The molecule has 10 nitrogen and oxygen atoms in total. The smallest absolute Gasteiger partial charge is 0.411 e. The lowest BCUT2D eigenvalue weighted by atomic mass is 10.0. The number of nitrogens with zero attached hydrogens (tertiary/aromatic N) is 3. The van der Waals surface area contributed by atoms with E-state index < -0.39 is 6.09 Å². The lowest BCUT2D eigenvalue weighted by Gasteiger charge is -2.32. The minimum atomic E-state index is -0.430. The highest BCUT2D eigenvalue weighted by molar-refractivity contribution is 5.94. The van der Waals surface area contributed by atoms with Crippen molar-refractivity contribution in [2.24, 2.45) is 0 Å². The Labute approximate surface area is 291 Å². The highest BCUT2D eigenvalue weighted by atomic mass is 16.6. The molecule has 1 heterocycles. The van der Waals surface area contributed by atoms with E-state index >= 15 is 0 Å². The summed E-state index contributed by atoms with van der Waals surface area (Å²) in [6.07, 6.45) is 5.76. The second-order valence-electron chi connectivity index (χ2n) is 12.8. The van der Waals surface area contributed by atoms with Crippen molar-refractivity contribution < 1.29 is 24.2 Å². The van der Waals surface area contributed by atoms with Crippen LogP contribution in [0.4, 0.5) is 16.2 Å². The maximum absolute atomic E-state index is 12.7. The molecule has 0 aromatic heterocycles. The van der Waals surface area contributed by atoms with Crippen LogP contribution in [0.2, 0.25) is 0 Å². The van der Waals surface area contributed by atoms with Gasteiger partial charge in [0.1, 0.15) is 6.10 Å². The molecule has 3 amide bonds. The quantitative estimate of drug-likeness (QED) is 0.135. The summed E-state index contributed by atoms with van der Waals surface area (Å²) in [7, 11) is 3.66. The first-order chi connectivity index (χ1) is 23.8. The van der Waals surface area contributed by atoms with Gasteiger partial charge in [-0.3, -0.25) is 14.9 Å². The van der Waals surface area contributed by atoms with Crippen molar-refractivity contribution in [2.75, 3.05) is 70.6 Å². The Hall–Kier alpha value is -4.41. The molecular weight excluding hydrogens is 618 g/mol. The number of amides is 3. The van der Waals surface area contributed by atoms with Crippen molar-refractivity contribution in [3.8, 4) is 11.1 Å². The summed E-state index contributed by atoms with van der Waals surface area (Å²) >= 11 is 0.